The number of amides is 1. The topological polar surface area (TPSA) is 58.7 Å². The van der Waals surface area contributed by atoms with Gasteiger partial charge in [0, 0.05) is 29.6 Å². The molecule has 0 radical (unpaired) electrons. The highest BCUT2D eigenvalue weighted by Gasteiger charge is 2.22. The molecule has 0 fully saturated rings. The van der Waals surface area contributed by atoms with E-state index in [1.807, 2.05) is 42.5 Å². The van der Waals surface area contributed by atoms with Crippen molar-refractivity contribution >= 4 is 23.5 Å². The summed E-state index contributed by atoms with van der Waals surface area (Å²) in [6, 6.07) is 13.5. The highest BCUT2D eigenvalue weighted by molar-refractivity contribution is 6.09. The molecule has 0 saturated heterocycles. The van der Waals surface area contributed by atoms with E-state index >= 15 is 0 Å². The highest BCUT2D eigenvalue weighted by Crippen LogP contribution is 2.26. The predicted octanol–water partition coefficient (Wildman–Crippen LogP) is 3.65. The van der Waals surface area contributed by atoms with Crippen LogP contribution < -0.4 is 10.6 Å². The van der Waals surface area contributed by atoms with E-state index in [1.54, 1.807) is 11.1 Å². The van der Waals surface area contributed by atoms with Crippen molar-refractivity contribution in [2.45, 2.75) is 26.2 Å². The van der Waals surface area contributed by atoms with Crippen LogP contribution in [-0.4, -0.2) is 25.2 Å². The third-order valence-electron chi connectivity index (χ3n) is 4.27. The van der Waals surface area contributed by atoms with E-state index in [9.17, 15) is 4.79 Å². The molecule has 0 unspecified atom stereocenters. The van der Waals surface area contributed by atoms with Crippen LogP contribution in [0.4, 0.5) is 11.4 Å². The van der Waals surface area contributed by atoms with Crippen LogP contribution in [0.25, 0.3) is 0 Å². The van der Waals surface area contributed by atoms with Gasteiger partial charge in [0.1, 0.15) is 0 Å². The van der Waals surface area contributed by atoms with Gasteiger partial charge >= 0.3 is 0 Å². The molecule has 1 aliphatic rings. The number of benzene rings is 2. The molecule has 0 bridgehead atoms. The molecule has 124 valence electrons. The van der Waals surface area contributed by atoms with Gasteiger partial charge in [-0.1, -0.05) is 32.9 Å². The number of carbonyl (C=O) groups is 1. The number of hydrogen-bond donors (Lipinski definition) is 1. The summed E-state index contributed by atoms with van der Waals surface area (Å²) >= 11 is 0. The summed E-state index contributed by atoms with van der Waals surface area (Å²) in [6.45, 7) is 7.64. The molecule has 0 spiro atoms. The number of rotatable bonds is 1. The third kappa shape index (κ3) is 3.18. The Kier molecular flexibility index (Phi) is 4.14. The molecule has 4 nitrogen and oxygen atoms in total. The summed E-state index contributed by atoms with van der Waals surface area (Å²) in [5.41, 5.74) is 10.2. The molecular formula is C20H23N3O. The lowest BCUT2D eigenvalue weighted by Crippen LogP contribution is -2.33. The zero-order chi connectivity index (χ0) is 17.3. The fourth-order valence-electron chi connectivity index (χ4n) is 2.84. The lowest BCUT2D eigenvalue weighted by molar-refractivity contribution is 0.0987. The van der Waals surface area contributed by atoms with Crippen LogP contribution in [0.1, 0.15) is 42.3 Å². The Bertz CT molecular complexity index is 786. The monoisotopic (exact) mass is 321 g/mol. The van der Waals surface area contributed by atoms with Crippen LogP contribution in [0.3, 0.4) is 0 Å². The van der Waals surface area contributed by atoms with Gasteiger partial charge in [-0.2, -0.15) is 0 Å². The summed E-state index contributed by atoms with van der Waals surface area (Å²) < 4.78 is 0. The molecule has 1 aliphatic heterocycles. The number of nitrogens with zero attached hydrogens (tertiary/aromatic N) is 2. The maximum absolute atomic E-state index is 13.0. The first kappa shape index (κ1) is 16.2. The SMILES string of the molecule is CC(C)(C)c1ccc(C(=O)N2CCN=Cc3cc(N)ccc32)cc1. The molecule has 0 atom stereocenters. The first-order valence-corrected chi connectivity index (χ1v) is 8.18. The largest absolute Gasteiger partial charge is 0.399 e. The summed E-state index contributed by atoms with van der Waals surface area (Å²) in [4.78, 5) is 19.1. The predicted molar refractivity (Wildman–Crippen MR) is 100 cm³/mol. The van der Waals surface area contributed by atoms with Crippen molar-refractivity contribution in [2.75, 3.05) is 23.7 Å². The second-order valence-electron chi connectivity index (χ2n) is 7.14. The molecule has 0 saturated carbocycles. The van der Waals surface area contributed by atoms with E-state index in [0.717, 1.165) is 11.3 Å². The Morgan fingerprint density at radius 3 is 2.50 bits per heavy atom. The molecule has 2 N–H and O–H groups in total. The average Bonchev–Trinajstić information content (AvgIpc) is 2.75. The van der Waals surface area contributed by atoms with Crippen LogP contribution >= 0.6 is 0 Å². The summed E-state index contributed by atoms with van der Waals surface area (Å²) in [7, 11) is 0. The van der Waals surface area contributed by atoms with E-state index in [-0.39, 0.29) is 11.3 Å². The maximum atomic E-state index is 13.0. The lowest BCUT2D eigenvalue weighted by atomic mass is 9.86. The Morgan fingerprint density at radius 2 is 1.83 bits per heavy atom. The Labute approximate surface area is 143 Å². The number of nitrogen functional groups attached to an aromatic ring is 1. The maximum Gasteiger partial charge on any atom is 0.258 e. The molecule has 1 heterocycles. The number of nitrogens with two attached hydrogens (primary N) is 1. The molecule has 2 aromatic rings. The van der Waals surface area contributed by atoms with Gasteiger partial charge in [0.25, 0.3) is 5.91 Å². The highest BCUT2D eigenvalue weighted by atomic mass is 16.2. The van der Waals surface area contributed by atoms with E-state index in [4.69, 9.17) is 5.73 Å². The third-order valence-corrected chi connectivity index (χ3v) is 4.27. The first-order chi connectivity index (χ1) is 11.4. The van der Waals surface area contributed by atoms with Crippen LogP contribution in [0.2, 0.25) is 0 Å². The van der Waals surface area contributed by atoms with Gasteiger partial charge in [0.15, 0.2) is 0 Å². The van der Waals surface area contributed by atoms with Gasteiger partial charge in [-0.15, -0.1) is 0 Å². The van der Waals surface area contributed by atoms with Crippen molar-refractivity contribution in [1.82, 2.24) is 0 Å². The van der Waals surface area contributed by atoms with Crippen molar-refractivity contribution in [2.24, 2.45) is 4.99 Å². The van der Waals surface area contributed by atoms with Gasteiger partial charge in [-0.25, -0.2) is 0 Å². The summed E-state index contributed by atoms with van der Waals surface area (Å²) in [5.74, 6) is -0.00743. The Morgan fingerprint density at radius 1 is 1.12 bits per heavy atom. The minimum Gasteiger partial charge on any atom is -0.399 e. The van der Waals surface area contributed by atoms with Crippen molar-refractivity contribution in [1.29, 1.82) is 0 Å². The molecule has 3 rings (SSSR count). The second-order valence-corrected chi connectivity index (χ2v) is 7.14. The van der Waals surface area contributed by atoms with E-state index in [2.05, 4.69) is 25.8 Å². The van der Waals surface area contributed by atoms with Gasteiger partial charge in [0.05, 0.1) is 12.2 Å². The average molecular weight is 321 g/mol. The number of fused-ring (bicyclic) bond motifs is 1. The number of benzodiazepines with no additional fused rings is 1. The van der Waals surface area contributed by atoms with Crippen molar-refractivity contribution in [3.63, 3.8) is 0 Å². The van der Waals surface area contributed by atoms with E-state index < -0.39 is 0 Å². The first-order valence-electron chi connectivity index (χ1n) is 8.18. The molecule has 1 amide bonds. The fourth-order valence-corrected chi connectivity index (χ4v) is 2.84. The number of aliphatic imine (C=N–C) groups is 1. The molecule has 0 aromatic heterocycles. The number of anilines is 2. The molecule has 4 heteroatoms. The minimum absolute atomic E-state index is 0.00743. The van der Waals surface area contributed by atoms with Crippen LogP contribution in [0.15, 0.2) is 47.5 Å². The fraction of sp³-hybridized carbons (Fsp3) is 0.300. The van der Waals surface area contributed by atoms with Crippen LogP contribution in [0.5, 0.6) is 0 Å². The molecule has 0 aliphatic carbocycles. The van der Waals surface area contributed by atoms with Gasteiger partial charge in [-0.3, -0.25) is 9.79 Å². The van der Waals surface area contributed by atoms with Crippen molar-refractivity contribution < 1.29 is 4.79 Å². The number of hydrogen-bond acceptors (Lipinski definition) is 3. The Balaban J connectivity index is 1.93. The van der Waals surface area contributed by atoms with Gasteiger partial charge < -0.3 is 10.6 Å². The summed E-state index contributed by atoms with van der Waals surface area (Å²) in [5, 5.41) is 0. The van der Waals surface area contributed by atoms with E-state index in [1.165, 1.54) is 5.56 Å². The Hall–Kier alpha value is -2.62. The second kappa shape index (κ2) is 6.11. The van der Waals surface area contributed by atoms with Crippen LogP contribution in [-0.2, 0) is 5.41 Å². The van der Waals surface area contributed by atoms with Gasteiger partial charge in [0.2, 0.25) is 0 Å². The smallest absolute Gasteiger partial charge is 0.258 e. The summed E-state index contributed by atoms with van der Waals surface area (Å²) in [6.07, 6.45) is 1.79. The van der Waals surface area contributed by atoms with E-state index in [0.29, 0.717) is 24.3 Å². The number of carbonyl (C=O) groups excluding carboxylic acids is 1. The molecule has 24 heavy (non-hydrogen) atoms. The zero-order valence-electron chi connectivity index (χ0n) is 14.4. The normalized spacial score (nSPS) is 14.2. The molecule has 2 aromatic carbocycles. The van der Waals surface area contributed by atoms with Crippen molar-refractivity contribution in [3.05, 3.63) is 59.2 Å². The quantitative estimate of drug-likeness (QED) is 0.815. The van der Waals surface area contributed by atoms with Crippen molar-refractivity contribution in [3.8, 4) is 0 Å². The standard InChI is InChI=1S/C20H23N3O/c1-20(2,3)16-6-4-14(5-7-16)19(24)23-11-10-22-13-15-12-17(21)8-9-18(15)23/h4-9,12-13H,10-11,21H2,1-3H3. The zero-order valence-corrected chi connectivity index (χ0v) is 14.4. The minimum atomic E-state index is -0.00743. The van der Waals surface area contributed by atoms with Crippen LogP contribution in [0, 0.1) is 0 Å². The molecular weight excluding hydrogens is 298 g/mol. The lowest BCUT2D eigenvalue weighted by Gasteiger charge is -2.24. The van der Waals surface area contributed by atoms with Gasteiger partial charge in [-0.05, 0) is 41.3 Å².